The molecule has 6 nitrogen and oxygen atoms in total. The summed E-state index contributed by atoms with van der Waals surface area (Å²) in [6.45, 7) is 3.64. The molecule has 128 valence electrons. The first-order chi connectivity index (χ1) is 11.9. The number of aromatic hydroxyl groups is 1. The molecule has 0 aliphatic heterocycles. The van der Waals surface area contributed by atoms with Crippen molar-refractivity contribution in [2.45, 2.75) is 13.8 Å². The van der Waals surface area contributed by atoms with Crippen molar-refractivity contribution in [3.05, 3.63) is 23.6 Å². The fraction of sp³-hybridized carbons (Fsp3) is 0.235. The summed E-state index contributed by atoms with van der Waals surface area (Å²) in [5.41, 5.74) is 2.65. The highest BCUT2D eigenvalue weighted by Crippen LogP contribution is 2.31. The number of carbonyl (C=O) groups is 1. The van der Waals surface area contributed by atoms with Crippen LogP contribution in [0.1, 0.15) is 13.8 Å². The Balaban J connectivity index is 2.03. The Morgan fingerprint density at radius 1 is 1.32 bits per heavy atom. The van der Waals surface area contributed by atoms with Gasteiger partial charge in [-0.25, -0.2) is 9.97 Å². The molecule has 0 saturated carbocycles. The molecule has 8 heteroatoms. The van der Waals surface area contributed by atoms with Crippen molar-refractivity contribution in [3.63, 3.8) is 0 Å². The summed E-state index contributed by atoms with van der Waals surface area (Å²) in [6, 6.07) is 5.17. The van der Waals surface area contributed by atoms with Crippen molar-refractivity contribution >= 4 is 46.6 Å². The molecule has 3 aromatic rings. The van der Waals surface area contributed by atoms with Crippen LogP contribution in [0.15, 0.2) is 23.6 Å². The van der Waals surface area contributed by atoms with E-state index >= 15 is 0 Å². The number of hydrogen-bond acceptors (Lipinski definition) is 6. The number of fused-ring (bicyclic) bond motifs is 1. The lowest BCUT2D eigenvalue weighted by molar-refractivity contribution is -0.118. The third kappa shape index (κ3) is 3.30. The Bertz CT molecular complexity index is 956. The van der Waals surface area contributed by atoms with E-state index in [4.69, 9.17) is 4.74 Å². The third-order valence-electron chi connectivity index (χ3n) is 3.90. The summed E-state index contributed by atoms with van der Waals surface area (Å²) in [4.78, 5) is 20.8. The number of methoxy groups -OCH3 is 1. The van der Waals surface area contributed by atoms with Gasteiger partial charge in [-0.2, -0.15) is 0 Å². The second kappa shape index (κ2) is 6.72. The van der Waals surface area contributed by atoms with Crippen LogP contribution >= 0.6 is 11.3 Å². The van der Waals surface area contributed by atoms with E-state index in [-0.39, 0.29) is 17.6 Å². The van der Waals surface area contributed by atoms with Crippen molar-refractivity contribution < 1.29 is 14.6 Å². The van der Waals surface area contributed by atoms with Crippen LogP contribution in [-0.4, -0.2) is 35.9 Å². The molecule has 0 aliphatic rings. The van der Waals surface area contributed by atoms with Crippen LogP contribution in [0, 0.1) is 5.92 Å². The number of anilines is 1. The van der Waals surface area contributed by atoms with Crippen molar-refractivity contribution in [1.29, 1.82) is 0 Å². The fourth-order valence-electron chi connectivity index (χ4n) is 2.44. The number of ether oxygens (including phenoxy) is 1. The first-order valence-corrected chi connectivity index (χ1v) is 8.72. The lowest BCUT2D eigenvalue weighted by Crippen LogP contribution is -2.17. The second-order valence-corrected chi connectivity index (χ2v) is 6.86. The van der Waals surface area contributed by atoms with Gasteiger partial charge in [-0.3, -0.25) is 4.79 Å². The first kappa shape index (κ1) is 17.2. The molecule has 0 aliphatic carbocycles. The molecule has 0 saturated heterocycles. The number of pyridine rings is 1. The summed E-state index contributed by atoms with van der Waals surface area (Å²) in [5.74, 6) is 0.632. The van der Waals surface area contributed by atoms with Gasteiger partial charge in [0.15, 0.2) is 5.13 Å². The van der Waals surface area contributed by atoms with Crippen LogP contribution in [0.2, 0.25) is 0 Å². The average molecular weight is 355 g/mol. The van der Waals surface area contributed by atoms with E-state index in [0.717, 1.165) is 5.46 Å². The second-order valence-electron chi connectivity index (χ2n) is 6.00. The number of rotatable bonds is 4. The van der Waals surface area contributed by atoms with Gasteiger partial charge in [0.05, 0.1) is 18.3 Å². The van der Waals surface area contributed by atoms with Gasteiger partial charge in [0.25, 0.3) is 0 Å². The number of nitrogens with one attached hydrogen (secondary N) is 1. The zero-order valence-corrected chi connectivity index (χ0v) is 15.3. The lowest BCUT2D eigenvalue weighted by Gasteiger charge is -2.10. The predicted molar refractivity (Wildman–Crippen MR) is 103 cm³/mol. The van der Waals surface area contributed by atoms with E-state index in [2.05, 4.69) is 15.3 Å². The van der Waals surface area contributed by atoms with Crippen LogP contribution in [0.3, 0.4) is 0 Å². The summed E-state index contributed by atoms with van der Waals surface area (Å²) < 4.78 is 5.33. The molecule has 25 heavy (non-hydrogen) atoms. The maximum absolute atomic E-state index is 11.8. The Kier molecular flexibility index (Phi) is 4.63. The molecule has 2 heterocycles. The van der Waals surface area contributed by atoms with Gasteiger partial charge < -0.3 is 15.2 Å². The summed E-state index contributed by atoms with van der Waals surface area (Å²) in [6.07, 6.45) is 0. The van der Waals surface area contributed by atoms with Gasteiger partial charge in [-0.15, -0.1) is 11.3 Å². The smallest absolute Gasteiger partial charge is 0.228 e. The number of amides is 1. The van der Waals surface area contributed by atoms with Crippen molar-refractivity contribution in [2.75, 3.05) is 12.4 Å². The predicted octanol–water partition coefficient (Wildman–Crippen LogP) is 1.93. The minimum absolute atomic E-state index is 0.0872. The van der Waals surface area contributed by atoms with Gasteiger partial charge in [0.1, 0.15) is 25.0 Å². The SMILES string of the molecule is Bc1c(OC)ccc2c(O)cc(-c3csc(NC(=O)C(C)C)n3)nc12. The molecule has 3 rings (SSSR count). The molecule has 0 spiro atoms. The van der Waals surface area contributed by atoms with Gasteiger partial charge in [-0.1, -0.05) is 13.8 Å². The Labute approximate surface area is 150 Å². The number of thiazole rings is 1. The van der Waals surface area contributed by atoms with E-state index in [9.17, 15) is 9.90 Å². The fourth-order valence-corrected chi connectivity index (χ4v) is 3.15. The molecule has 1 aromatic carbocycles. The Morgan fingerprint density at radius 2 is 2.08 bits per heavy atom. The van der Waals surface area contributed by atoms with E-state index in [0.29, 0.717) is 33.2 Å². The van der Waals surface area contributed by atoms with Crippen LogP contribution < -0.4 is 15.5 Å². The molecule has 0 atom stereocenters. The maximum Gasteiger partial charge on any atom is 0.228 e. The minimum atomic E-state index is -0.120. The standard InChI is InChI=1S/C17H18BN3O3S/c1-8(2)16(23)21-17-20-11(7-25-17)10-6-12(22)9-4-5-13(24-3)14(18)15(9)19-10/h4-8H,18H2,1-3H3,(H,19,22)(H,20,21,23). The molecule has 2 N–H and O–H groups in total. The summed E-state index contributed by atoms with van der Waals surface area (Å²) in [7, 11) is 3.49. The molecule has 2 aromatic heterocycles. The monoisotopic (exact) mass is 355 g/mol. The molecular weight excluding hydrogens is 337 g/mol. The highest BCUT2D eigenvalue weighted by atomic mass is 32.1. The Hall–Kier alpha value is -2.61. The van der Waals surface area contributed by atoms with Crippen LogP contribution in [0.4, 0.5) is 5.13 Å². The number of benzene rings is 1. The average Bonchev–Trinajstić information content (AvgIpc) is 3.04. The maximum atomic E-state index is 11.8. The highest BCUT2D eigenvalue weighted by molar-refractivity contribution is 7.14. The molecule has 0 bridgehead atoms. The zero-order chi connectivity index (χ0) is 18.1. The van der Waals surface area contributed by atoms with E-state index in [1.54, 1.807) is 30.7 Å². The number of carbonyl (C=O) groups excluding carboxylic acids is 1. The molecule has 0 radical (unpaired) electrons. The number of hydrogen-bond donors (Lipinski definition) is 2. The third-order valence-corrected chi connectivity index (χ3v) is 4.66. The quantitative estimate of drug-likeness (QED) is 0.699. The van der Waals surface area contributed by atoms with Crippen molar-refractivity contribution in [1.82, 2.24) is 9.97 Å². The molecule has 0 unspecified atom stereocenters. The Morgan fingerprint density at radius 3 is 2.76 bits per heavy atom. The molecule has 0 fully saturated rings. The lowest BCUT2D eigenvalue weighted by atomic mass is 9.91. The zero-order valence-electron chi connectivity index (χ0n) is 14.5. The van der Waals surface area contributed by atoms with Gasteiger partial charge in [-0.05, 0) is 17.6 Å². The van der Waals surface area contributed by atoms with E-state index in [1.165, 1.54) is 11.3 Å². The summed E-state index contributed by atoms with van der Waals surface area (Å²) in [5, 5.41) is 16.1. The first-order valence-electron chi connectivity index (χ1n) is 7.84. The normalized spacial score (nSPS) is 11.0. The minimum Gasteiger partial charge on any atom is -0.507 e. The number of nitrogens with zero attached hydrogens (tertiary/aromatic N) is 2. The molecular formula is C17H18BN3O3S. The van der Waals surface area contributed by atoms with E-state index < -0.39 is 0 Å². The highest BCUT2D eigenvalue weighted by Gasteiger charge is 2.15. The number of aromatic nitrogens is 2. The topological polar surface area (TPSA) is 84.3 Å². The van der Waals surface area contributed by atoms with Gasteiger partial charge in [0, 0.05) is 22.8 Å². The van der Waals surface area contributed by atoms with Crippen LogP contribution in [-0.2, 0) is 4.79 Å². The van der Waals surface area contributed by atoms with Crippen LogP contribution in [0.5, 0.6) is 11.5 Å². The summed E-state index contributed by atoms with van der Waals surface area (Å²) >= 11 is 1.32. The van der Waals surface area contributed by atoms with Crippen molar-refractivity contribution in [2.24, 2.45) is 5.92 Å². The largest absolute Gasteiger partial charge is 0.507 e. The van der Waals surface area contributed by atoms with Crippen LogP contribution in [0.25, 0.3) is 22.3 Å². The van der Waals surface area contributed by atoms with E-state index in [1.807, 2.05) is 21.7 Å². The molecule has 1 amide bonds. The van der Waals surface area contributed by atoms with Gasteiger partial charge in [0.2, 0.25) is 5.91 Å². The van der Waals surface area contributed by atoms with Crippen molar-refractivity contribution in [3.8, 4) is 22.9 Å². The van der Waals surface area contributed by atoms with Gasteiger partial charge >= 0.3 is 0 Å².